The predicted octanol–water partition coefficient (Wildman–Crippen LogP) is 13.9. The average molecular weight is 729 g/mol. The molecule has 1 aromatic rings. The highest BCUT2D eigenvalue weighted by Crippen LogP contribution is 2.26. The van der Waals surface area contributed by atoms with Crippen molar-refractivity contribution in [3.05, 3.63) is 35.4 Å². The van der Waals surface area contributed by atoms with Gasteiger partial charge in [0.25, 0.3) is 0 Å². The van der Waals surface area contributed by atoms with Crippen LogP contribution in [0, 0.1) is 0 Å². The summed E-state index contributed by atoms with van der Waals surface area (Å²) in [6, 6.07) is 8.70. The zero-order valence-electron chi connectivity index (χ0n) is 35.3. The summed E-state index contributed by atoms with van der Waals surface area (Å²) in [7, 11) is 0. The molecular formula is C48H92N2O2. The Labute approximate surface area is 325 Å². The number of aliphatic hydroxyl groups excluding tert-OH is 2. The van der Waals surface area contributed by atoms with Gasteiger partial charge in [0.05, 0.1) is 0 Å². The standard InChI is InChI=1S/C48H92N2O2/c1-3-5-7-9-11-13-15-17-19-21-23-25-27-29-31-33-41-50(45-46-35-37-47(38-36-46)48(49,39-43-51)40-44-52)42-34-32-30-28-26-24-22-20-18-16-14-12-10-8-6-4-2/h35-38,51-52H,3-34,39-45,49H2,1-2H3. The summed E-state index contributed by atoms with van der Waals surface area (Å²) in [5.74, 6) is 0. The number of hydrogen-bond donors (Lipinski definition) is 3. The monoisotopic (exact) mass is 729 g/mol. The third-order valence-electron chi connectivity index (χ3n) is 11.7. The molecule has 0 saturated carbocycles. The number of nitrogens with two attached hydrogens (primary N) is 1. The first-order valence-corrected chi connectivity index (χ1v) is 23.4. The van der Waals surface area contributed by atoms with Gasteiger partial charge in [-0.1, -0.05) is 231 Å². The van der Waals surface area contributed by atoms with E-state index in [0.717, 1.165) is 12.1 Å². The van der Waals surface area contributed by atoms with E-state index in [0.29, 0.717) is 12.8 Å². The first-order chi connectivity index (χ1) is 25.6. The van der Waals surface area contributed by atoms with Gasteiger partial charge in [-0.2, -0.15) is 0 Å². The van der Waals surface area contributed by atoms with Crippen LogP contribution >= 0.6 is 0 Å². The summed E-state index contributed by atoms with van der Waals surface area (Å²) in [5, 5.41) is 19.1. The third-order valence-corrected chi connectivity index (χ3v) is 11.7. The van der Waals surface area contributed by atoms with E-state index in [2.05, 4.69) is 43.0 Å². The summed E-state index contributed by atoms with van der Waals surface area (Å²) in [6.45, 7) is 8.04. The Kier molecular flexibility index (Phi) is 34.9. The van der Waals surface area contributed by atoms with E-state index in [1.54, 1.807) is 0 Å². The molecule has 52 heavy (non-hydrogen) atoms. The normalized spacial score (nSPS) is 12.0. The molecule has 0 heterocycles. The van der Waals surface area contributed by atoms with Gasteiger partial charge in [-0.3, -0.25) is 4.90 Å². The highest BCUT2D eigenvalue weighted by atomic mass is 16.3. The summed E-state index contributed by atoms with van der Waals surface area (Å²) < 4.78 is 0. The first kappa shape index (κ1) is 49.1. The van der Waals surface area contributed by atoms with Gasteiger partial charge in [-0.05, 0) is 49.9 Å². The van der Waals surface area contributed by atoms with Gasteiger partial charge in [-0.25, -0.2) is 0 Å². The molecule has 0 radical (unpaired) electrons. The van der Waals surface area contributed by atoms with E-state index >= 15 is 0 Å². The first-order valence-electron chi connectivity index (χ1n) is 23.4. The third kappa shape index (κ3) is 28.5. The fourth-order valence-corrected chi connectivity index (χ4v) is 8.05. The van der Waals surface area contributed by atoms with E-state index in [4.69, 9.17) is 5.73 Å². The smallest absolute Gasteiger partial charge is 0.0453 e. The lowest BCUT2D eigenvalue weighted by Gasteiger charge is -2.29. The quantitative estimate of drug-likeness (QED) is 0.0587. The molecule has 0 spiro atoms. The summed E-state index contributed by atoms with van der Waals surface area (Å²) in [5.41, 5.74) is 8.30. The topological polar surface area (TPSA) is 69.7 Å². The summed E-state index contributed by atoms with van der Waals surface area (Å²) in [4.78, 5) is 2.69. The number of unbranched alkanes of at least 4 members (excludes halogenated alkanes) is 30. The lowest BCUT2D eigenvalue weighted by Crippen LogP contribution is -2.38. The van der Waals surface area contributed by atoms with Crippen molar-refractivity contribution in [1.82, 2.24) is 4.90 Å². The molecule has 0 atom stereocenters. The van der Waals surface area contributed by atoms with Gasteiger partial charge in [0.2, 0.25) is 0 Å². The zero-order valence-corrected chi connectivity index (χ0v) is 35.3. The van der Waals surface area contributed by atoms with E-state index in [1.807, 2.05) is 0 Å². The van der Waals surface area contributed by atoms with Crippen LogP contribution in [0.4, 0.5) is 0 Å². The summed E-state index contributed by atoms with van der Waals surface area (Å²) >= 11 is 0. The SMILES string of the molecule is CCCCCCCCCCCCCCCCCCN(CCCCCCCCCCCCCCCCCC)Cc1ccc(C(N)(CCO)CCO)cc1. The molecule has 4 nitrogen and oxygen atoms in total. The maximum atomic E-state index is 9.57. The molecule has 1 rings (SSSR count). The van der Waals surface area contributed by atoms with Crippen LogP contribution in [-0.2, 0) is 12.1 Å². The number of hydrogen-bond acceptors (Lipinski definition) is 4. The van der Waals surface area contributed by atoms with Crippen LogP contribution < -0.4 is 5.73 Å². The van der Waals surface area contributed by atoms with E-state index in [9.17, 15) is 10.2 Å². The van der Waals surface area contributed by atoms with Gasteiger partial charge in [-0.15, -0.1) is 0 Å². The second-order valence-electron chi connectivity index (χ2n) is 16.7. The van der Waals surface area contributed by atoms with Crippen LogP contribution in [0.3, 0.4) is 0 Å². The molecule has 0 aliphatic heterocycles. The van der Waals surface area contributed by atoms with Crippen molar-refractivity contribution < 1.29 is 10.2 Å². The van der Waals surface area contributed by atoms with Crippen molar-refractivity contribution in [2.24, 2.45) is 5.73 Å². The Morgan fingerprint density at radius 2 is 0.692 bits per heavy atom. The number of rotatable bonds is 41. The molecule has 1 aromatic carbocycles. The Morgan fingerprint density at radius 3 is 0.962 bits per heavy atom. The maximum absolute atomic E-state index is 9.57. The highest BCUT2D eigenvalue weighted by Gasteiger charge is 2.26. The van der Waals surface area contributed by atoms with E-state index in [-0.39, 0.29) is 13.2 Å². The van der Waals surface area contributed by atoms with Crippen molar-refractivity contribution in [1.29, 1.82) is 0 Å². The van der Waals surface area contributed by atoms with Crippen LogP contribution in [0.5, 0.6) is 0 Å². The molecule has 0 unspecified atom stereocenters. The van der Waals surface area contributed by atoms with Crippen LogP contribution in [0.2, 0.25) is 0 Å². The minimum absolute atomic E-state index is 0.0324. The van der Waals surface area contributed by atoms with Crippen LogP contribution in [0.15, 0.2) is 24.3 Å². The highest BCUT2D eigenvalue weighted by molar-refractivity contribution is 5.28. The van der Waals surface area contributed by atoms with Crippen molar-refractivity contribution in [2.45, 2.75) is 244 Å². The van der Waals surface area contributed by atoms with Crippen molar-refractivity contribution in [3.63, 3.8) is 0 Å². The van der Waals surface area contributed by atoms with Gasteiger partial charge in [0, 0.05) is 25.3 Å². The predicted molar refractivity (Wildman–Crippen MR) is 230 cm³/mol. The molecule has 0 saturated heterocycles. The molecular weight excluding hydrogens is 637 g/mol. The average Bonchev–Trinajstić information content (AvgIpc) is 3.14. The molecule has 0 fully saturated rings. The van der Waals surface area contributed by atoms with E-state index < -0.39 is 5.54 Å². The van der Waals surface area contributed by atoms with Gasteiger partial charge in [0.15, 0.2) is 0 Å². The molecule has 0 aliphatic carbocycles. The Hall–Kier alpha value is -0.940. The minimum atomic E-state index is -0.664. The molecule has 4 N–H and O–H groups in total. The largest absolute Gasteiger partial charge is 0.396 e. The molecule has 0 bridgehead atoms. The lowest BCUT2D eigenvalue weighted by molar-refractivity contribution is 0.193. The lowest BCUT2D eigenvalue weighted by atomic mass is 9.84. The Bertz CT molecular complexity index is 801. The maximum Gasteiger partial charge on any atom is 0.0453 e. The van der Waals surface area contributed by atoms with Crippen LogP contribution in [0.25, 0.3) is 0 Å². The Morgan fingerprint density at radius 1 is 0.423 bits per heavy atom. The van der Waals surface area contributed by atoms with E-state index in [1.165, 1.54) is 224 Å². The second-order valence-corrected chi connectivity index (χ2v) is 16.7. The molecule has 0 amide bonds. The van der Waals surface area contributed by atoms with Crippen molar-refractivity contribution >= 4 is 0 Å². The number of benzene rings is 1. The molecule has 0 aliphatic rings. The van der Waals surface area contributed by atoms with Crippen molar-refractivity contribution in [2.75, 3.05) is 26.3 Å². The van der Waals surface area contributed by atoms with Gasteiger partial charge >= 0.3 is 0 Å². The Balaban J connectivity index is 2.31. The van der Waals surface area contributed by atoms with Crippen LogP contribution in [0.1, 0.15) is 243 Å². The molecule has 4 heteroatoms. The number of nitrogens with zero attached hydrogens (tertiary/aromatic N) is 1. The molecule has 0 aromatic heterocycles. The second kappa shape index (κ2) is 37.0. The summed E-state index contributed by atoms with van der Waals surface area (Å²) in [6.07, 6.45) is 46.2. The fourth-order valence-electron chi connectivity index (χ4n) is 8.05. The zero-order chi connectivity index (χ0) is 37.6. The van der Waals surface area contributed by atoms with Gasteiger partial charge < -0.3 is 15.9 Å². The molecule has 306 valence electrons. The minimum Gasteiger partial charge on any atom is -0.396 e. The van der Waals surface area contributed by atoms with Crippen molar-refractivity contribution in [3.8, 4) is 0 Å². The van der Waals surface area contributed by atoms with Gasteiger partial charge in [0.1, 0.15) is 0 Å². The fraction of sp³-hybridized carbons (Fsp3) is 0.875. The van der Waals surface area contributed by atoms with Crippen LogP contribution in [-0.4, -0.2) is 41.4 Å². The number of aliphatic hydroxyl groups is 2.